The lowest BCUT2D eigenvalue weighted by Crippen LogP contribution is -2.40. The lowest BCUT2D eigenvalue weighted by molar-refractivity contribution is -0.380. The number of hydrogen-bond donors (Lipinski definition) is 2. The maximum absolute atomic E-state index is 11.9. The molecule has 1 heterocycles. The topological polar surface area (TPSA) is 98.3 Å². The van der Waals surface area contributed by atoms with E-state index in [4.69, 9.17) is 5.73 Å². The Morgan fingerprint density at radius 1 is 1.53 bits per heavy atom. The van der Waals surface area contributed by atoms with Crippen LogP contribution in [0.25, 0.3) is 0 Å². The Kier molecular flexibility index (Phi) is 7.58. The maximum Gasteiger partial charge on any atom is 0.324 e. The molecule has 0 saturated carbocycles. The van der Waals surface area contributed by atoms with Gasteiger partial charge in [-0.1, -0.05) is 25.2 Å². The minimum Gasteiger partial charge on any atom is -0.347 e. The average molecular weight is 308 g/mol. The molecule has 0 fully saturated rings. The number of carbonyl (C=O) groups excluding carboxylic acids is 1. The van der Waals surface area contributed by atoms with Crippen LogP contribution in [0.5, 0.6) is 0 Å². The summed E-state index contributed by atoms with van der Waals surface area (Å²) >= 11 is 0.869. The highest BCUT2D eigenvalue weighted by Gasteiger charge is 2.18. The number of rotatable bonds is 6. The molecule has 0 aliphatic rings. The summed E-state index contributed by atoms with van der Waals surface area (Å²) in [5.74, 6) is 0.126. The van der Waals surface area contributed by atoms with Gasteiger partial charge in [-0.2, -0.15) is 0 Å². The molecular weight excluding hydrogens is 290 g/mol. The molecule has 6 nitrogen and oxygen atoms in total. The summed E-state index contributed by atoms with van der Waals surface area (Å²) in [6.07, 6.45) is 0.787. The lowest BCUT2D eigenvalue weighted by atomic mass is 10.0. The molecule has 0 aliphatic carbocycles. The van der Waals surface area contributed by atoms with Crippen LogP contribution >= 0.6 is 23.7 Å². The molecule has 1 atom stereocenters. The van der Waals surface area contributed by atoms with Gasteiger partial charge in [0.25, 0.3) is 5.91 Å². The summed E-state index contributed by atoms with van der Waals surface area (Å²) in [5.41, 5.74) is 5.58. The number of nitro groups is 1. The quantitative estimate of drug-likeness (QED) is 0.621. The van der Waals surface area contributed by atoms with Gasteiger partial charge in [0.15, 0.2) is 0 Å². The van der Waals surface area contributed by atoms with Crippen LogP contribution in [-0.2, 0) is 0 Å². The smallest absolute Gasteiger partial charge is 0.324 e. The third kappa shape index (κ3) is 5.54. The van der Waals surface area contributed by atoms with Gasteiger partial charge in [-0.05, 0) is 18.4 Å². The van der Waals surface area contributed by atoms with Crippen molar-refractivity contribution in [2.45, 2.75) is 26.3 Å². The van der Waals surface area contributed by atoms with E-state index in [0.717, 1.165) is 17.8 Å². The van der Waals surface area contributed by atoms with Crippen molar-refractivity contribution >= 4 is 34.7 Å². The predicted molar refractivity (Wildman–Crippen MR) is 78.0 cm³/mol. The van der Waals surface area contributed by atoms with Crippen LogP contribution in [0.3, 0.4) is 0 Å². The fourth-order valence-electron chi connectivity index (χ4n) is 1.59. The summed E-state index contributed by atoms with van der Waals surface area (Å²) in [5, 5.41) is 13.3. The summed E-state index contributed by atoms with van der Waals surface area (Å²) in [6.45, 7) is 4.45. The van der Waals surface area contributed by atoms with E-state index in [2.05, 4.69) is 5.32 Å². The first-order valence-electron chi connectivity index (χ1n) is 5.69. The number of halogens is 1. The van der Waals surface area contributed by atoms with Crippen LogP contribution in [0.2, 0.25) is 0 Å². The highest BCUT2D eigenvalue weighted by Crippen LogP contribution is 2.23. The first kappa shape index (κ1) is 17.8. The SMILES string of the molecule is CC(C)CC(CN)NC(=O)c1ccc([N+](=O)[O-])s1.Cl. The molecule has 0 saturated heterocycles. The molecular formula is C11H18ClN3O3S. The number of nitrogens with two attached hydrogens (primary N) is 1. The number of nitrogens with zero attached hydrogens (tertiary/aromatic N) is 1. The number of thiophene rings is 1. The number of hydrogen-bond acceptors (Lipinski definition) is 5. The molecule has 19 heavy (non-hydrogen) atoms. The number of amides is 1. The standard InChI is InChI=1S/C11H17N3O3S.ClH/c1-7(2)5-8(6-12)13-11(15)9-3-4-10(18-9)14(16)17;/h3-4,7-8H,5-6,12H2,1-2H3,(H,13,15);1H. The zero-order valence-corrected chi connectivity index (χ0v) is 12.4. The van der Waals surface area contributed by atoms with Gasteiger partial charge in [-0.3, -0.25) is 14.9 Å². The Hall–Kier alpha value is -1.18. The predicted octanol–water partition coefficient (Wildman–Crippen LogP) is 2.18. The van der Waals surface area contributed by atoms with Crippen molar-refractivity contribution in [3.8, 4) is 0 Å². The number of nitrogens with one attached hydrogen (secondary N) is 1. The Bertz CT molecular complexity index is 437. The van der Waals surface area contributed by atoms with E-state index in [0.29, 0.717) is 17.3 Å². The summed E-state index contributed by atoms with van der Waals surface area (Å²) in [6, 6.07) is 2.69. The average Bonchev–Trinajstić information content (AvgIpc) is 2.76. The van der Waals surface area contributed by atoms with E-state index >= 15 is 0 Å². The molecule has 1 aromatic rings. The van der Waals surface area contributed by atoms with E-state index in [1.807, 2.05) is 13.8 Å². The van der Waals surface area contributed by atoms with E-state index in [1.165, 1.54) is 12.1 Å². The molecule has 3 N–H and O–H groups in total. The zero-order chi connectivity index (χ0) is 13.7. The minimum atomic E-state index is -0.504. The van der Waals surface area contributed by atoms with Gasteiger partial charge in [-0.25, -0.2) is 0 Å². The van der Waals surface area contributed by atoms with Gasteiger partial charge >= 0.3 is 5.00 Å². The molecule has 0 aromatic carbocycles. The highest BCUT2D eigenvalue weighted by atomic mass is 35.5. The molecule has 0 radical (unpaired) electrons. The van der Waals surface area contributed by atoms with Crippen LogP contribution in [0.4, 0.5) is 5.00 Å². The molecule has 1 amide bonds. The van der Waals surface area contributed by atoms with Gasteiger partial charge in [0.1, 0.15) is 0 Å². The minimum absolute atomic E-state index is 0. The van der Waals surface area contributed by atoms with Gasteiger partial charge in [0, 0.05) is 18.7 Å². The molecule has 0 spiro atoms. The Morgan fingerprint density at radius 3 is 2.58 bits per heavy atom. The van der Waals surface area contributed by atoms with Crippen LogP contribution in [0.15, 0.2) is 12.1 Å². The zero-order valence-electron chi connectivity index (χ0n) is 10.8. The Labute approximate surface area is 121 Å². The molecule has 0 bridgehead atoms. The van der Waals surface area contributed by atoms with E-state index in [1.54, 1.807) is 0 Å². The Balaban J connectivity index is 0.00000324. The summed E-state index contributed by atoms with van der Waals surface area (Å²) in [7, 11) is 0. The molecule has 1 unspecified atom stereocenters. The fourth-order valence-corrected chi connectivity index (χ4v) is 2.31. The van der Waals surface area contributed by atoms with Gasteiger partial charge in [-0.15, -0.1) is 12.4 Å². The van der Waals surface area contributed by atoms with Crippen LogP contribution in [-0.4, -0.2) is 23.4 Å². The first-order valence-corrected chi connectivity index (χ1v) is 6.50. The monoisotopic (exact) mass is 307 g/mol. The first-order chi connectivity index (χ1) is 8.43. The van der Waals surface area contributed by atoms with Gasteiger partial charge in [0.05, 0.1) is 9.80 Å². The third-order valence-electron chi connectivity index (χ3n) is 2.37. The second-order valence-corrected chi connectivity index (χ2v) is 5.49. The van der Waals surface area contributed by atoms with Gasteiger partial charge < -0.3 is 11.1 Å². The van der Waals surface area contributed by atoms with E-state index in [-0.39, 0.29) is 29.4 Å². The molecule has 1 aromatic heterocycles. The lowest BCUT2D eigenvalue weighted by Gasteiger charge is -2.18. The second kappa shape index (κ2) is 8.08. The summed E-state index contributed by atoms with van der Waals surface area (Å²) in [4.78, 5) is 22.2. The van der Waals surface area contributed by atoms with Gasteiger partial charge in [0.2, 0.25) is 0 Å². The molecule has 1 rings (SSSR count). The number of carbonyl (C=O) groups is 1. The van der Waals surface area contributed by atoms with Crippen LogP contribution in [0.1, 0.15) is 29.9 Å². The van der Waals surface area contributed by atoms with E-state index < -0.39 is 4.92 Å². The van der Waals surface area contributed by atoms with Crippen molar-refractivity contribution in [3.63, 3.8) is 0 Å². The summed E-state index contributed by atoms with van der Waals surface area (Å²) < 4.78 is 0. The molecule has 0 aliphatic heterocycles. The van der Waals surface area contributed by atoms with Crippen molar-refractivity contribution in [3.05, 3.63) is 27.1 Å². The van der Waals surface area contributed by atoms with Crippen LogP contribution in [0, 0.1) is 16.0 Å². The largest absolute Gasteiger partial charge is 0.347 e. The van der Waals surface area contributed by atoms with E-state index in [9.17, 15) is 14.9 Å². The second-order valence-electron chi connectivity index (χ2n) is 4.43. The fraction of sp³-hybridized carbons (Fsp3) is 0.545. The Morgan fingerprint density at radius 2 is 2.16 bits per heavy atom. The van der Waals surface area contributed by atoms with Crippen molar-refractivity contribution in [2.75, 3.05) is 6.54 Å². The third-order valence-corrected chi connectivity index (χ3v) is 3.41. The van der Waals surface area contributed by atoms with Crippen LogP contribution < -0.4 is 11.1 Å². The molecule has 108 valence electrons. The van der Waals surface area contributed by atoms with Crippen molar-refractivity contribution in [1.82, 2.24) is 5.32 Å². The highest BCUT2D eigenvalue weighted by molar-refractivity contribution is 7.17. The molecule has 8 heteroatoms. The van der Waals surface area contributed by atoms with Crippen molar-refractivity contribution in [2.24, 2.45) is 11.7 Å². The normalized spacial score (nSPS) is 11.8. The van der Waals surface area contributed by atoms with Crippen molar-refractivity contribution < 1.29 is 9.72 Å². The maximum atomic E-state index is 11.9. The van der Waals surface area contributed by atoms with Crippen molar-refractivity contribution in [1.29, 1.82) is 0 Å².